The summed E-state index contributed by atoms with van der Waals surface area (Å²) in [5, 5.41) is 8.56. The van der Waals surface area contributed by atoms with Gasteiger partial charge in [-0.05, 0) is 19.9 Å². The molecule has 0 aliphatic carbocycles. The minimum absolute atomic E-state index is 0.259. The molecule has 80 valence electrons. The number of hydrogen-bond donors (Lipinski definition) is 1. The Balaban J connectivity index is 2.84. The van der Waals surface area contributed by atoms with Crippen LogP contribution in [-0.4, -0.2) is 22.6 Å². The summed E-state index contributed by atoms with van der Waals surface area (Å²) in [4.78, 5) is 10.00. The zero-order chi connectivity index (χ0) is 11.3. The van der Waals surface area contributed by atoms with Gasteiger partial charge in [0.05, 0.1) is 12.5 Å². The summed E-state index contributed by atoms with van der Waals surface area (Å²) in [5.74, 6) is 1.03. The number of nitrogens with two attached hydrogens (primary N) is 1. The summed E-state index contributed by atoms with van der Waals surface area (Å²) in [6.07, 6.45) is 2.10. The van der Waals surface area contributed by atoms with Gasteiger partial charge in [-0.1, -0.05) is 0 Å². The molecule has 0 aromatic carbocycles. The number of nitriles is 1. The van der Waals surface area contributed by atoms with E-state index in [4.69, 9.17) is 11.0 Å². The van der Waals surface area contributed by atoms with Crippen LogP contribution in [0.5, 0.6) is 0 Å². The lowest BCUT2D eigenvalue weighted by Gasteiger charge is -2.26. The highest BCUT2D eigenvalue weighted by Gasteiger charge is 2.11. The molecular formula is C10H15N5. The van der Waals surface area contributed by atoms with Crippen molar-refractivity contribution in [2.24, 2.45) is 0 Å². The number of nitrogen functional groups attached to an aromatic ring is 1. The molecule has 1 aromatic rings. The molecule has 0 aliphatic heterocycles. The summed E-state index contributed by atoms with van der Waals surface area (Å²) in [6, 6.07) is 4.21. The van der Waals surface area contributed by atoms with Crippen LogP contribution < -0.4 is 10.6 Å². The number of anilines is 2. The Kier molecular flexibility index (Phi) is 3.86. The second-order valence-electron chi connectivity index (χ2n) is 3.47. The third kappa shape index (κ3) is 3.09. The third-order valence-corrected chi connectivity index (χ3v) is 2.04. The SMILES string of the molecule is CC(C)N(CCC#N)c1ccnc(N)n1. The molecule has 5 nitrogen and oxygen atoms in total. The minimum atomic E-state index is 0.259. The lowest BCUT2D eigenvalue weighted by atomic mass is 10.3. The Morgan fingerprint density at radius 3 is 2.87 bits per heavy atom. The molecule has 0 unspecified atom stereocenters. The Morgan fingerprint density at radius 1 is 1.60 bits per heavy atom. The number of rotatable bonds is 4. The number of nitrogens with zero attached hydrogens (tertiary/aromatic N) is 4. The fraction of sp³-hybridized carbons (Fsp3) is 0.500. The first-order valence-corrected chi connectivity index (χ1v) is 4.87. The summed E-state index contributed by atoms with van der Waals surface area (Å²) < 4.78 is 0. The molecule has 0 bridgehead atoms. The van der Waals surface area contributed by atoms with Crippen LogP contribution >= 0.6 is 0 Å². The van der Waals surface area contributed by atoms with Gasteiger partial charge in [0.2, 0.25) is 5.95 Å². The molecule has 0 saturated heterocycles. The van der Waals surface area contributed by atoms with E-state index in [2.05, 4.69) is 29.9 Å². The molecule has 5 heteroatoms. The van der Waals surface area contributed by atoms with Gasteiger partial charge in [-0.15, -0.1) is 0 Å². The maximum Gasteiger partial charge on any atom is 0.221 e. The molecule has 1 rings (SSSR count). The number of hydrogen-bond acceptors (Lipinski definition) is 5. The van der Waals surface area contributed by atoms with Gasteiger partial charge in [0, 0.05) is 18.8 Å². The molecule has 0 saturated carbocycles. The maximum atomic E-state index is 8.56. The average Bonchev–Trinajstić information content (AvgIpc) is 2.18. The topological polar surface area (TPSA) is 78.8 Å². The van der Waals surface area contributed by atoms with Crippen LogP contribution in [0, 0.1) is 11.3 Å². The van der Waals surface area contributed by atoms with Gasteiger partial charge in [0.25, 0.3) is 0 Å². The monoisotopic (exact) mass is 205 g/mol. The average molecular weight is 205 g/mol. The molecule has 1 heterocycles. The predicted octanol–water partition coefficient (Wildman–Crippen LogP) is 1.19. The van der Waals surface area contributed by atoms with Crippen molar-refractivity contribution in [3.63, 3.8) is 0 Å². The largest absolute Gasteiger partial charge is 0.368 e. The zero-order valence-corrected chi connectivity index (χ0v) is 9.01. The van der Waals surface area contributed by atoms with Gasteiger partial charge in [-0.25, -0.2) is 4.98 Å². The van der Waals surface area contributed by atoms with Crippen LogP contribution in [0.25, 0.3) is 0 Å². The minimum Gasteiger partial charge on any atom is -0.368 e. The normalized spacial score (nSPS) is 10.0. The van der Waals surface area contributed by atoms with Crippen molar-refractivity contribution in [3.8, 4) is 6.07 Å². The fourth-order valence-electron chi connectivity index (χ4n) is 1.33. The standard InChI is InChI=1S/C10H15N5/c1-8(2)15(7-3-5-11)9-4-6-13-10(12)14-9/h4,6,8H,3,7H2,1-2H3,(H2,12,13,14). The Hall–Kier alpha value is -1.83. The van der Waals surface area contributed by atoms with Crippen LogP contribution in [0.2, 0.25) is 0 Å². The van der Waals surface area contributed by atoms with Crippen LogP contribution in [0.4, 0.5) is 11.8 Å². The lowest BCUT2D eigenvalue weighted by molar-refractivity contribution is 0.676. The summed E-state index contributed by atoms with van der Waals surface area (Å²) in [6.45, 7) is 4.76. The van der Waals surface area contributed by atoms with Crippen molar-refractivity contribution in [1.29, 1.82) is 5.26 Å². The molecule has 0 radical (unpaired) electrons. The van der Waals surface area contributed by atoms with E-state index in [1.807, 2.05) is 4.90 Å². The van der Waals surface area contributed by atoms with Gasteiger partial charge in [0.1, 0.15) is 5.82 Å². The molecule has 15 heavy (non-hydrogen) atoms. The second-order valence-corrected chi connectivity index (χ2v) is 3.47. The summed E-state index contributed by atoms with van der Waals surface area (Å²) >= 11 is 0. The highest BCUT2D eigenvalue weighted by molar-refractivity contribution is 5.41. The van der Waals surface area contributed by atoms with Crippen molar-refractivity contribution >= 4 is 11.8 Å². The van der Waals surface area contributed by atoms with E-state index in [9.17, 15) is 0 Å². The molecule has 1 aromatic heterocycles. The van der Waals surface area contributed by atoms with E-state index >= 15 is 0 Å². The van der Waals surface area contributed by atoms with Gasteiger partial charge in [-0.2, -0.15) is 10.2 Å². The van der Waals surface area contributed by atoms with Gasteiger partial charge in [0.15, 0.2) is 0 Å². The molecule has 0 amide bonds. The van der Waals surface area contributed by atoms with Crippen LogP contribution in [0.3, 0.4) is 0 Å². The third-order valence-electron chi connectivity index (χ3n) is 2.04. The molecule has 0 spiro atoms. The molecule has 0 fully saturated rings. The van der Waals surface area contributed by atoms with E-state index in [0.717, 1.165) is 5.82 Å². The van der Waals surface area contributed by atoms with E-state index in [0.29, 0.717) is 13.0 Å². The predicted molar refractivity (Wildman–Crippen MR) is 59.2 cm³/mol. The highest BCUT2D eigenvalue weighted by Crippen LogP contribution is 2.14. The van der Waals surface area contributed by atoms with Gasteiger partial charge in [-0.3, -0.25) is 0 Å². The van der Waals surface area contributed by atoms with Gasteiger partial charge < -0.3 is 10.6 Å². The maximum absolute atomic E-state index is 8.56. The smallest absolute Gasteiger partial charge is 0.221 e. The lowest BCUT2D eigenvalue weighted by Crippen LogP contribution is -2.32. The highest BCUT2D eigenvalue weighted by atomic mass is 15.2. The van der Waals surface area contributed by atoms with Crippen molar-refractivity contribution < 1.29 is 0 Å². The van der Waals surface area contributed by atoms with E-state index in [1.165, 1.54) is 0 Å². The van der Waals surface area contributed by atoms with Crippen molar-refractivity contribution in [3.05, 3.63) is 12.3 Å². The van der Waals surface area contributed by atoms with E-state index in [1.54, 1.807) is 12.3 Å². The fourth-order valence-corrected chi connectivity index (χ4v) is 1.33. The molecule has 0 atom stereocenters. The zero-order valence-electron chi connectivity index (χ0n) is 9.01. The Bertz CT molecular complexity index is 355. The second kappa shape index (κ2) is 5.15. The van der Waals surface area contributed by atoms with Gasteiger partial charge >= 0.3 is 0 Å². The first-order chi connectivity index (χ1) is 7.15. The van der Waals surface area contributed by atoms with Crippen molar-refractivity contribution in [2.75, 3.05) is 17.2 Å². The van der Waals surface area contributed by atoms with Crippen LogP contribution in [0.15, 0.2) is 12.3 Å². The quantitative estimate of drug-likeness (QED) is 0.798. The van der Waals surface area contributed by atoms with E-state index < -0.39 is 0 Å². The van der Waals surface area contributed by atoms with Crippen molar-refractivity contribution in [2.45, 2.75) is 26.3 Å². The summed E-state index contributed by atoms with van der Waals surface area (Å²) in [7, 11) is 0. The molecule has 0 aliphatic rings. The summed E-state index contributed by atoms with van der Waals surface area (Å²) in [5.41, 5.74) is 5.51. The Morgan fingerprint density at radius 2 is 2.33 bits per heavy atom. The van der Waals surface area contributed by atoms with Crippen molar-refractivity contribution in [1.82, 2.24) is 9.97 Å². The first-order valence-electron chi connectivity index (χ1n) is 4.87. The number of aromatic nitrogens is 2. The van der Waals surface area contributed by atoms with E-state index in [-0.39, 0.29) is 12.0 Å². The van der Waals surface area contributed by atoms with Crippen LogP contribution in [-0.2, 0) is 0 Å². The molecule has 2 N–H and O–H groups in total. The molecular weight excluding hydrogens is 190 g/mol. The Labute approximate surface area is 89.6 Å². The van der Waals surface area contributed by atoms with Crippen LogP contribution in [0.1, 0.15) is 20.3 Å². The first kappa shape index (κ1) is 11.2.